The van der Waals surface area contributed by atoms with Crippen molar-refractivity contribution in [3.8, 4) is 11.1 Å². The van der Waals surface area contributed by atoms with Crippen LogP contribution in [0.3, 0.4) is 0 Å². The van der Waals surface area contributed by atoms with Gasteiger partial charge in [0.05, 0.1) is 6.42 Å². The van der Waals surface area contributed by atoms with E-state index in [0.29, 0.717) is 30.9 Å². The number of nitrogens with zero attached hydrogens (tertiary/aromatic N) is 2. The van der Waals surface area contributed by atoms with E-state index in [2.05, 4.69) is 17.4 Å². The minimum atomic E-state index is -0.208. The molecule has 4 aromatic rings. The van der Waals surface area contributed by atoms with E-state index in [9.17, 15) is 14.4 Å². The summed E-state index contributed by atoms with van der Waals surface area (Å²) in [4.78, 5) is 41.2. The highest BCUT2D eigenvalue weighted by atomic mass is 16.2. The van der Waals surface area contributed by atoms with Crippen molar-refractivity contribution in [3.05, 3.63) is 124 Å². The van der Waals surface area contributed by atoms with Crippen LogP contribution in [0.2, 0.25) is 0 Å². The quantitative estimate of drug-likeness (QED) is 0.419. The monoisotopic (exact) mass is 503 g/mol. The first-order valence-electron chi connectivity index (χ1n) is 13.1. The number of piperidine rings is 1. The van der Waals surface area contributed by atoms with Crippen molar-refractivity contribution in [2.45, 2.75) is 25.3 Å². The lowest BCUT2D eigenvalue weighted by Crippen LogP contribution is -2.49. The van der Waals surface area contributed by atoms with Gasteiger partial charge in [0.1, 0.15) is 5.69 Å². The highest BCUT2D eigenvalue weighted by Gasteiger charge is 2.37. The second-order valence-corrected chi connectivity index (χ2v) is 10.3. The molecule has 1 fully saturated rings. The molecule has 1 saturated heterocycles. The predicted octanol–water partition coefficient (Wildman–Crippen LogP) is 4.96. The average Bonchev–Trinajstić information content (AvgIpc) is 2.95. The van der Waals surface area contributed by atoms with Crippen LogP contribution in [0.25, 0.3) is 11.1 Å². The fourth-order valence-corrected chi connectivity index (χ4v) is 5.80. The molecule has 0 spiro atoms. The first-order chi connectivity index (χ1) is 18.5. The molecule has 3 aromatic carbocycles. The van der Waals surface area contributed by atoms with E-state index in [1.807, 2.05) is 83.8 Å². The third-order valence-corrected chi connectivity index (χ3v) is 7.61. The smallest absolute Gasteiger partial charge is 0.274 e. The second-order valence-electron chi connectivity index (χ2n) is 10.3. The summed E-state index contributed by atoms with van der Waals surface area (Å²) in [6, 6.07) is 31.0. The summed E-state index contributed by atoms with van der Waals surface area (Å²) < 4.78 is 1.80. The molecule has 1 aromatic heterocycles. The molecule has 0 unspecified atom stereocenters. The van der Waals surface area contributed by atoms with Crippen LogP contribution >= 0.6 is 0 Å². The Morgan fingerprint density at radius 1 is 0.763 bits per heavy atom. The number of amides is 2. The first kappa shape index (κ1) is 23.9. The molecule has 2 atom stereocenters. The van der Waals surface area contributed by atoms with Gasteiger partial charge >= 0.3 is 0 Å². The molecule has 190 valence electrons. The normalized spacial score (nSPS) is 17.9. The lowest BCUT2D eigenvalue weighted by atomic mass is 9.83. The van der Waals surface area contributed by atoms with Crippen LogP contribution in [0, 0.1) is 5.92 Å². The summed E-state index contributed by atoms with van der Waals surface area (Å²) >= 11 is 0. The minimum Gasteiger partial charge on any atom is -0.338 e. The Morgan fingerprint density at radius 3 is 2.18 bits per heavy atom. The number of hydrogen-bond acceptors (Lipinski definition) is 3. The van der Waals surface area contributed by atoms with Gasteiger partial charge in [-0.2, -0.15) is 0 Å². The molecule has 0 aliphatic carbocycles. The van der Waals surface area contributed by atoms with Crippen LogP contribution in [0.1, 0.15) is 34.0 Å². The van der Waals surface area contributed by atoms with Gasteiger partial charge in [-0.3, -0.25) is 14.4 Å². The predicted molar refractivity (Wildman–Crippen MR) is 148 cm³/mol. The fourth-order valence-electron chi connectivity index (χ4n) is 5.80. The summed E-state index contributed by atoms with van der Waals surface area (Å²) in [5.41, 5.74) is 4.85. The van der Waals surface area contributed by atoms with Crippen LogP contribution in [-0.2, 0) is 17.8 Å². The molecular weight excluding hydrogens is 474 g/mol. The SMILES string of the molecule is O=C(Cc1ccccc1)Nc1ccc2n(c1=O)C[C@@H]1C[C@@H]2CN(C(=O)c2ccc(-c3ccccc3)cc2)C1. The minimum absolute atomic E-state index is 0.0277. The van der Waals surface area contributed by atoms with Gasteiger partial charge in [0.2, 0.25) is 5.91 Å². The maximum Gasteiger partial charge on any atom is 0.274 e. The zero-order valence-corrected chi connectivity index (χ0v) is 21.0. The summed E-state index contributed by atoms with van der Waals surface area (Å²) in [5, 5.41) is 2.80. The lowest BCUT2D eigenvalue weighted by molar-refractivity contribution is -0.115. The van der Waals surface area contributed by atoms with Crippen LogP contribution in [0.15, 0.2) is 102 Å². The molecule has 2 amide bonds. The van der Waals surface area contributed by atoms with E-state index in [1.54, 1.807) is 10.6 Å². The van der Waals surface area contributed by atoms with Crippen LogP contribution < -0.4 is 10.9 Å². The Labute approximate surface area is 221 Å². The zero-order chi connectivity index (χ0) is 26.1. The second kappa shape index (κ2) is 10.1. The van der Waals surface area contributed by atoms with Crippen molar-refractivity contribution in [1.82, 2.24) is 9.47 Å². The Morgan fingerprint density at radius 2 is 1.45 bits per heavy atom. The third-order valence-electron chi connectivity index (χ3n) is 7.61. The van der Waals surface area contributed by atoms with Gasteiger partial charge in [-0.25, -0.2) is 0 Å². The number of fused-ring (bicyclic) bond motifs is 4. The van der Waals surface area contributed by atoms with E-state index in [-0.39, 0.29) is 35.6 Å². The maximum absolute atomic E-state index is 13.4. The molecule has 6 heteroatoms. The number of likely N-dealkylation sites (tertiary alicyclic amines) is 1. The Kier molecular flexibility index (Phi) is 6.38. The summed E-state index contributed by atoms with van der Waals surface area (Å²) in [7, 11) is 0. The number of anilines is 1. The van der Waals surface area contributed by atoms with E-state index in [4.69, 9.17) is 0 Å². The van der Waals surface area contributed by atoms with Crippen molar-refractivity contribution in [3.63, 3.8) is 0 Å². The standard InChI is InChI=1S/C32H29N3O3/c36-30(18-22-7-3-1-4-8-22)33-28-15-16-29-27-17-23(20-35(29)32(28)38)19-34(21-27)31(37)26-13-11-25(12-14-26)24-9-5-2-6-10-24/h1-16,23,27H,17-21H2,(H,33,36)/t23-,27-/m1/s1. The molecule has 2 aliphatic rings. The number of carbonyl (C=O) groups excluding carboxylic acids is 2. The molecule has 0 radical (unpaired) electrons. The Hall–Kier alpha value is -4.45. The molecule has 2 bridgehead atoms. The van der Waals surface area contributed by atoms with Crippen molar-refractivity contribution in [2.75, 3.05) is 18.4 Å². The number of nitrogens with one attached hydrogen (secondary N) is 1. The Balaban J connectivity index is 1.16. The van der Waals surface area contributed by atoms with Gasteiger partial charge in [-0.15, -0.1) is 0 Å². The number of aromatic nitrogens is 1. The van der Waals surface area contributed by atoms with Crippen molar-refractivity contribution in [2.24, 2.45) is 5.92 Å². The number of rotatable bonds is 5. The number of hydrogen-bond donors (Lipinski definition) is 1. The molecule has 1 N–H and O–H groups in total. The first-order valence-corrected chi connectivity index (χ1v) is 13.1. The maximum atomic E-state index is 13.4. The van der Waals surface area contributed by atoms with Crippen LogP contribution in [0.4, 0.5) is 5.69 Å². The molecule has 38 heavy (non-hydrogen) atoms. The van der Waals surface area contributed by atoms with Gasteiger partial charge in [0.25, 0.3) is 11.5 Å². The van der Waals surface area contributed by atoms with Crippen LogP contribution in [0.5, 0.6) is 0 Å². The van der Waals surface area contributed by atoms with E-state index in [0.717, 1.165) is 28.8 Å². The van der Waals surface area contributed by atoms with Crippen molar-refractivity contribution >= 4 is 17.5 Å². The number of benzene rings is 3. The number of carbonyl (C=O) groups is 2. The van der Waals surface area contributed by atoms with Gasteiger partial charge < -0.3 is 14.8 Å². The summed E-state index contributed by atoms with van der Waals surface area (Å²) in [5.74, 6) is 0.110. The average molecular weight is 504 g/mol. The molecule has 3 heterocycles. The molecular formula is C32H29N3O3. The largest absolute Gasteiger partial charge is 0.338 e. The lowest BCUT2D eigenvalue weighted by Gasteiger charge is -2.43. The summed E-state index contributed by atoms with van der Waals surface area (Å²) in [6.45, 7) is 1.74. The highest BCUT2D eigenvalue weighted by molar-refractivity contribution is 5.95. The molecule has 6 nitrogen and oxygen atoms in total. The van der Waals surface area contributed by atoms with Gasteiger partial charge in [0.15, 0.2) is 0 Å². The number of pyridine rings is 1. The van der Waals surface area contributed by atoms with Crippen molar-refractivity contribution in [1.29, 1.82) is 0 Å². The van der Waals surface area contributed by atoms with E-state index in [1.165, 1.54) is 0 Å². The van der Waals surface area contributed by atoms with Gasteiger partial charge in [-0.1, -0.05) is 72.8 Å². The van der Waals surface area contributed by atoms with Crippen molar-refractivity contribution < 1.29 is 9.59 Å². The zero-order valence-electron chi connectivity index (χ0n) is 21.0. The van der Waals surface area contributed by atoms with E-state index >= 15 is 0 Å². The summed E-state index contributed by atoms with van der Waals surface area (Å²) in [6.07, 6.45) is 1.17. The highest BCUT2D eigenvalue weighted by Crippen LogP contribution is 2.36. The topological polar surface area (TPSA) is 71.4 Å². The molecule has 6 rings (SSSR count). The Bertz CT molecular complexity index is 1530. The fraction of sp³-hybridized carbons (Fsp3) is 0.219. The third kappa shape index (κ3) is 4.77. The van der Waals surface area contributed by atoms with Crippen LogP contribution in [-0.4, -0.2) is 34.4 Å². The van der Waals surface area contributed by atoms with E-state index < -0.39 is 0 Å². The molecule has 2 aliphatic heterocycles. The van der Waals surface area contributed by atoms with Gasteiger partial charge in [-0.05, 0) is 53.3 Å². The molecule has 0 saturated carbocycles. The van der Waals surface area contributed by atoms with Gasteiger partial charge in [0, 0.05) is 36.8 Å².